The third-order valence-corrected chi connectivity index (χ3v) is 5.42. The molecule has 108 valence electrons. The lowest BCUT2D eigenvalue weighted by atomic mass is 9.96. The van der Waals surface area contributed by atoms with Gasteiger partial charge in [0.05, 0.1) is 15.8 Å². The highest BCUT2D eigenvalue weighted by Gasteiger charge is 2.24. The first kappa shape index (κ1) is 15.3. The van der Waals surface area contributed by atoms with Gasteiger partial charge in [-0.05, 0) is 31.9 Å². The van der Waals surface area contributed by atoms with Gasteiger partial charge in [0, 0.05) is 5.75 Å². The summed E-state index contributed by atoms with van der Waals surface area (Å²) in [5.41, 5.74) is 11.2. The maximum Gasteiger partial charge on any atom is 0.237 e. The molecule has 0 aliphatic carbocycles. The van der Waals surface area contributed by atoms with Crippen LogP contribution in [-0.2, 0) is 4.79 Å². The molecule has 6 heteroatoms. The van der Waals surface area contributed by atoms with Crippen LogP contribution in [0, 0.1) is 0 Å². The normalized spacial score (nSPS) is 14.3. The van der Waals surface area contributed by atoms with Crippen LogP contribution in [0.4, 0.5) is 0 Å². The van der Waals surface area contributed by atoms with Crippen molar-refractivity contribution in [3.8, 4) is 0 Å². The van der Waals surface area contributed by atoms with E-state index in [0.717, 1.165) is 28.5 Å². The summed E-state index contributed by atoms with van der Waals surface area (Å²) in [6, 6.07) is 8.15. The second-order valence-corrected chi connectivity index (χ2v) is 7.41. The van der Waals surface area contributed by atoms with E-state index in [4.69, 9.17) is 11.5 Å². The van der Waals surface area contributed by atoms with Gasteiger partial charge in [0.2, 0.25) is 5.91 Å². The summed E-state index contributed by atoms with van der Waals surface area (Å²) < 4.78 is 2.31. The Hall–Kier alpha value is -1.11. The van der Waals surface area contributed by atoms with E-state index in [1.807, 2.05) is 18.2 Å². The number of carbonyl (C=O) groups is 1. The van der Waals surface area contributed by atoms with Crippen LogP contribution < -0.4 is 11.5 Å². The molecule has 0 radical (unpaired) electrons. The molecule has 0 bridgehead atoms. The van der Waals surface area contributed by atoms with Crippen LogP contribution >= 0.6 is 23.1 Å². The monoisotopic (exact) mass is 309 g/mol. The third kappa shape index (κ3) is 3.94. The highest BCUT2D eigenvalue weighted by Crippen LogP contribution is 2.30. The molecule has 0 spiro atoms. The molecular formula is C14H19N3OS2. The molecule has 0 fully saturated rings. The molecule has 0 aliphatic rings. The van der Waals surface area contributed by atoms with Crippen LogP contribution in [0.1, 0.15) is 26.2 Å². The Morgan fingerprint density at radius 3 is 2.85 bits per heavy atom. The maximum atomic E-state index is 11.1. The van der Waals surface area contributed by atoms with Crippen LogP contribution in [0.15, 0.2) is 28.6 Å². The number of nitrogens with zero attached hydrogens (tertiary/aromatic N) is 1. The van der Waals surface area contributed by atoms with Crippen molar-refractivity contribution in [2.75, 3.05) is 5.75 Å². The average molecular weight is 309 g/mol. The maximum absolute atomic E-state index is 11.1. The van der Waals surface area contributed by atoms with E-state index in [1.54, 1.807) is 30.0 Å². The number of unbranched alkanes of at least 4 members (excludes halogenated alkanes) is 1. The van der Waals surface area contributed by atoms with E-state index >= 15 is 0 Å². The minimum Gasteiger partial charge on any atom is -0.368 e. The summed E-state index contributed by atoms with van der Waals surface area (Å²) in [5.74, 6) is 0.547. The predicted octanol–water partition coefficient (Wildman–Crippen LogP) is 2.76. The summed E-state index contributed by atoms with van der Waals surface area (Å²) in [5, 5.41) is 0. The first-order chi connectivity index (χ1) is 9.49. The molecule has 1 aromatic heterocycles. The number of fused-ring (bicyclic) bond motifs is 1. The molecule has 0 aliphatic heterocycles. The zero-order valence-electron chi connectivity index (χ0n) is 11.5. The molecule has 1 aromatic carbocycles. The number of primary amides is 1. The fraction of sp³-hybridized carbons (Fsp3) is 0.429. The molecule has 1 atom stereocenters. The molecule has 0 saturated carbocycles. The third-order valence-electron chi connectivity index (χ3n) is 3.15. The average Bonchev–Trinajstić information content (AvgIpc) is 2.80. The minimum absolute atomic E-state index is 0.434. The molecule has 2 rings (SSSR count). The van der Waals surface area contributed by atoms with E-state index in [1.165, 1.54) is 4.70 Å². The molecule has 0 saturated heterocycles. The predicted molar refractivity (Wildman–Crippen MR) is 86.0 cm³/mol. The molecule has 4 N–H and O–H groups in total. The van der Waals surface area contributed by atoms with Crippen LogP contribution in [-0.4, -0.2) is 22.2 Å². The summed E-state index contributed by atoms with van der Waals surface area (Å²) in [7, 11) is 0. The fourth-order valence-corrected chi connectivity index (χ4v) is 3.93. The number of hydrogen-bond donors (Lipinski definition) is 2. The lowest BCUT2D eigenvalue weighted by Gasteiger charge is -2.19. The molecule has 1 heterocycles. The molecule has 2 aromatic rings. The minimum atomic E-state index is -0.888. The van der Waals surface area contributed by atoms with Crippen molar-refractivity contribution in [1.82, 2.24) is 4.98 Å². The van der Waals surface area contributed by atoms with Crippen molar-refractivity contribution in [2.24, 2.45) is 11.5 Å². The van der Waals surface area contributed by atoms with Gasteiger partial charge in [-0.15, -0.1) is 11.3 Å². The number of hydrogen-bond acceptors (Lipinski definition) is 5. The number of rotatable bonds is 7. The highest BCUT2D eigenvalue weighted by atomic mass is 32.2. The smallest absolute Gasteiger partial charge is 0.237 e. The van der Waals surface area contributed by atoms with Gasteiger partial charge >= 0.3 is 0 Å². The Labute approximate surface area is 126 Å². The second-order valence-electron chi connectivity index (χ2n) is 5.03. The quantitative estimate of drug-likeness (QED) is 0.608. The Kier molecular flexibility index (Phi) is 5.01. The summed E-state index contributed by atoms with van der Waals surface area (Å²) >= 11 is 3.47. The van der Waals surface area contributed by atoms with E-state index < -0.39 is 11.4 Å². The van der Waals surface area contributed by atoms with E-state index in [2.05, 4.69) is 11.1 Å². The zero-order chi connectivity index (χ0) is 14.6. The lowest BCUT2D eigenvalue weighted by molar-refractivity contribution is -0.122. The first-order valence-corrected chi connectivity index (χ1v) is 8.36. The molecule has 20 heavy (non-hydrogen) atoms. The first-order valence-electron chi connectivity index (χ1n) is 6.56. The van der Waals surface area contributed by atoms with Crippen molar-refractivity contribution in [3.05, 3.63) is 24.3 Å². The van der Waals surface area contributed by atoms with E-state index in [9.17, 15) is 4.79 Å². The number of thioether (sulfide) groups is 1. The van der Waals surface area contributed by atoms with Crippen LogP contribution in [0.25, 0.3) is 10.2 Å². The summed E-state index contributed by atoms with van der Waals surface area (Å²) in [6.45, 7) is 1.69. The summed E-state index contributed by atoms with van der Waals surface area (Å²) in [6.07, 6.45) is 2.53. The number of amides is 1. The van der Waals surface area contributed by atoms with Crippen molar-refractivity contribution in [3.63, 3.8) is 0 Å². The van der Waals surface area contributed by atoms with Crippen LogP contribution in [0.3, 0.4) is 0 Å². The summed E-state index contributed by atoms with van der Waals surface area (Å²) in [4.78, 5) is 15.7. The SMILES string of the molecule is CC(N)(CCCCSc1nc2ccccc2s1)C(N)=O. The number of thiazole rings is 1. The van der Waals surface area contributed by atoms with E-state index in [0.29, 0.717) is 6.42 Å². The molecule has 1 amide bonds. The van der Waals surface area contributed by atoms with Gasteiger partial charge in [0.1, 0.15) is 0 Å². The topological polar surface area (TPSA) is 82.0 Å². The van der Waals surface area contributed by atoms with Gasteiger partial charge in [-0.3, -0.25) is 4.79 Å². The van der Waals surface area contributed by atoms with Gasteiger partial charge in [-0.1, -0.05) is 30.3 Å². The number of para-hydroxylation sites is 1. The Morgan fingerprint density at radius 2 is 2.15 bits per heavy atom. The number of nitrogens with two attached hydrogens (primary N) is 2. The van der Waals surface area contributed by atoms with Gasteiger partial charge in [0.15, 0.2) is 4.34 Å². The van der Waals surface area contributed by atoms with Crippen molar-refractivity contribution < 1.29 is 4.79 Å². The van der Waals surface area contributed by atoms with Crippen molar-refractivity contribution in [2.45, 2.75) is 36.1 Å². The number of aromatic nitrogens is 1. The largest absolute Gasteiger partial charge is 0.368 e. The van der Waals surface area contributed by atoms with Gasteiger partial charge in [-0.2, -0.15) is 0 Å². The lowest BCUT2D eigenvalue weighted by Crippen LogP contribution is -2.49. The molecule has 4 nitrogen and oxygen atoms in total. The standard InChI is InChI=1S/C14H19N3OS2/c1-14(16,12(15)18)8-4-5-9-19-13-17-10-6-2-3-7-11(10)20-13/h2-3,6-7H,4-5,8-9,16H2,1H3,(H2,15,18). The van der Waals surface area contributed by atoms with Gasteiger partial charge < -0.3 is 11.5 Å². The Bertz CT molecular complexity index is 562. The Morgan fingerprint density at radius 1 is 1.40 bits per heavy atom. The zero-order valence-corrected chi connectivity index (χ0v) is 13.1. The van der Waals surface area contributed by atoms with Crippen LogP contribution in [0.5, 0.6) is 0 Å². The van der Waals surface area contributed by atoms with Crippen LogP contribution in [0.2, 0.25) is 0 Å². The van der Waals surface area contributed by atoms with Gasteiger partial charge in [0.25, 0.3) is 0 Å². The number of benzene rings is 1. The molecular weight excluding hydrogens is 290 g/mol. The Balaban J connectivity index is 1.75. The van der Waals surface area contributed by atoms with Crippen molar-refractivity contribution in [1.29, 1.82) is 0 Å². The highest BCUT2D eigenvalue weighted by molar-refractivity contribution is 8.01. The second kappa shape index (κ2) is 6.56. The molecule has 1 unspecified atom stereocenters. The fourth-order valence-electron chi connectivity index (χ4n) is 1.79. The van der Waals surface area contributed by atoms with Gasteiger partial charge in [-0.25, -0.2) is 4.98 Å². The number of carbonyl (C=O) groups excluding carboxylic acids is 1. The van der Waals surface area contributed by atoms with E-state index in [-0.39, 0.29) is 0 Å². The van der Waals surface area contributed by atoms with Crippen molar-refractivity contribution >= 4 is 39.2 Å².